The fraction of sp³-hybridized carbons (Fsp3) is 0.500. The number of hydrogen-bond donors (Lipinski definition) is 5. The average Bonchev–Trinajstić information content (AvgIpc) is 3.46. The van der Waals surface area contributed by atoms with Crippen LogP contribution in [0.15, 0.2) is 60.7 Å². The molecule has 2 aromatic carbocycles. The summed E-state index contributed by atoms with van der Waals surface area (Å²) in [6.07, 6.45) is -0.823. The van der Waals surface area contributed by atoms with Crippen molar-refractivity contribution in [2.45, 2.75) is 95.4 Å². The Morgan fingerprint density at radius 1 is 0.840 bits per heavy atom. The second-order valence-electron chi connectivity index (χ2n) is 13.0. The van der Waals surface area contributed by atoms with Gasteiger partial charge < -0.3 is 35.5 Å². The predicted molar refractivity (Wildman–Crippen MR) is 188 cm³/mol. The van der Waals surface area contributed by atoms with E-state index in [2.05, 4.69) is 33.9 Å². The number of rotatable bonds is 17. The molecule has 1 fully saturated rings. The van der Waals surface area contributed by atoms with Gasteiger partial charge in [0.15, 0.2) is 0 Å². The maximum atomic E-state index is 14.0. The summed E-state index contributed by atoms with van der Waals surface area (Å²) in [5.41, 5.74) is 0.567. The largest absolute Gasteiger partial charge is 0.466 e. The number of carbonyl (C=O) groups is 6. The Hall–Kier alpha value is -4.59. The molecular weight excluding hydrogens is 664 g/mol. The molecule has 0 aliphatic carbocycles. The highest BCUT2D eigenvalue weighted by Crippen LogP contribution is 2.22. The summed E-state index contributed by atoms with van der Waals surface area (Å²) in [4.78, 5) is 78.3. The molecule has 13 nitrogen and oxygen atoms in total. The Morgan fingerprint density at radius 2 is 1.46 bits per heavy atom. The number of ether oxygens (including phenoxy) is 3. The van der Waals surface area contributed by atoms with Crippen LogP contribution in [0.1, 0.15) is 64.5 Å². The topological polar surface area (TPSA) is 178 Å². The van der Waals surface area contributed by atoms with Gasteiger partial charge in [0.05, 0.1) is 19.4 Å². The van der Waals surface area contributed by atoms with Crippen LogP contribution in [0.2, 0.25) is 0 Å². The Balaban J connectivity index is 1.84. The number of nitrogens with one attached hydrogen (secondary N) is 4. The van der Waals surface area contributed by atoms with Crippen LogP contribution in [-0.4, -0.2) is 77.9 Å². The van der Waals surface area contributed by atoms with Gasteiger partial charge in [-0.25, -0.2) is 4.79 Å². The maximum absolute atomic E-state index is 14.0. The van der Waals surface area contributed by atoms with Crippen LogP contribution in [0.5, 0.6) is 0 Å². The van der Waals surface area contributed by atoms with Gasteiger partial charge in [-0.3, -0.25) is 24.0 Å². The molecule has 14 heteroatoms. The number of carbonyl (C=O) groups excluding carboxylic acids is 6. The summed E-state index contributed by atoms with van der Waals surface area (Å²) in [7, 11) is 0. The van der Waals surface area contributed by atoms with Crippen molar-refractivity contribution >= 4 is 48.4 Å². The highest BCUT2D eigenvalue weighted by Gasteiger charge is 2.35. The van der Waals surface area contributed by atoms with E-state index in [0.717, 1.165) is 0 Å². The van der Waals surface area contributed by atoms with Gasteiger partial charge in [0.25, 0.3) is 0 Å². The van der Waals surface area contributed by atoms with E-state index in [4.69, 9.17) is 14.2 Å². The Bertz CT molecular complexity index is 1450. The van der Waals surface area contributed by atoms with Crippen molar-refractivity contribution in [2.24, 2.45) is 5.92 Å². The first-order valence-corrected chi connectivity index (χ1v) is 17.2. The number of amides is 4. The van der Waals surface area contributed by atoms with Crippen molar-refractivity contribution < 1.29 is 43.0 Å². The quantitative estimate of drug-likeness (QED) is 0.0937. The monoisotopic (exact) mass is 712 g/mol. The van der Waals surface area contributed by atoms with Gasteiger partial charge in [-0.1, -0.05) is 60.7 Å². The molecule has 0 spiro atoms. The Morgan fingerprint density at radius 3 is 2.04 bits per heavy atom. The normalized spacial score (nSPS) is 16.5. The Kier molecular flexibility index (Phi) is 15.6. The summed E-state index contributed by atoms with van der Waals surface area (Å²) in [6.45, 7) is 7.27. The average molecular weight is 713 g/mol. The Labute approximate surface area is 298 Å². The minimum absolute atomic E-state index is 0.0434. The van der Waals surface area contributed by atoms with Crippen molar-refractivity contribution in [1.82, 2.24) is 21.3 Å². The zero-order valence-electron chi connectivity index (χ0n) is 28.9. The van der Waals surface area contributed by atoms with E-state index in [1.807, 2.05) is 12.1 Å². The van der Waals surface area contributed by atoms with Crippen molar-refractivity contribution in [2.75, 3.05) is 13.2 Å². The zero-order valence-corrected chi connectivity index (χ0v) is 29.8. The van der Waals surface area contributed by atoms with Crippen LogP contribution in [-0.2, 0) is 51.2 Å². The number of thiol groups is 1. The number of hydrogen-bond acceptors (Lipinski definition) is 10. The van der Waals surface area contributed by atoms with E-state index in [1.165, 1.54) is 0 Å². The van der Waals surface area contributed by atoms with Crippen molar-refractivity contribution in [3.63, 3.8) is 0 Å². The third-order valence-corrected chi connectivity index (χ3v) is 8.24. The molecule has 0 saturated carbocycles. The molecular formula is C36H48N4O9S. The predicted octanol–water partition coefficient (Wildman–Crippen LogP) is 3.00. The molecule has 0 aromatic heterocycles. The summed E-state index contributed by atoms with van der Waals surface area (Å²) in [6, 6.07) is 14.5. The van der Waals surface area contributed by atoms with E-state index in [1.54, 1.807) is 76.2 Å². The van der Waals surface area contributed by atoms with Gasteiger partial charge in [-0.2, -0.15) is 12.6 Å². The number of alkyl carbamates (subject to hydrolysis) is 1. The summed E-state index contributed by atoms with van der Waals surface area (Å²) < 4.78 is 15.8. The minimum atomic E-state index is -1.46. The van der Waals surface area contributed by atoms with Gasteiger partial charge in [-0.15, -0.1) is 0 Å². The van der Waals surface area contributed by atoms with Crippen molar-refractivity contribution in [3.8, 4) is 0 Å². The van der Waals surface area contributed by atoms with E-state index < -0.39 is 71.2 Å². The first kappa shape index (κ1) is 39.8. The zero-order chi connectivity index (χ0) is 36.7. The van der Waals surface area contributed by atoms with Crippen LogP contribution in [0.3, 0.4) is 0 Å². The lowest BCUT2D eigenvalue weighted by atomic mass is 9.94. The van der Waals surface area contributed by atoms with Crippen LogP contribution in [0.4, 0.5) is 4.79 Å². The lowest BCUT2D eigenvalue weighted by molar-refractivity contribution is -0.156. The molecule has 1 aliphatic rings. The molecule has 1 aliphatic heterocycles. The third-order valence-electron chi connectivity index (χ3n) is 7.70. The fourth-order valence-corrected chi connectivity index (χ4v) is 5.65. The minimum Gasteiger partial charge on any atom is -0.466 e. The summed E-state index contributed by atoms with van der Waals surface area (Å²) >= 11 is 4.61. The molecule has 1 heterocycles. The van der Waals surface area contributed by atoms with Gasteiger partial charge >= 0.3 is 18.0 Å². The fourth-order valence-electron chi connectivity index (χ4n) is 5.30. The maximum Gasteiger partial charge on any atom is 0.408 e. The van der Waals surface area contributed by atoms with Gasteiger partial charge in [0, 0.05) is 30.2 Å². The number of esters is 2. The van der Waals surface area contributed by atoms with Gasteiger partial charge in [-0.05, 0) is 51.7 Å². The van der Waals surface area contributed by atoms with E-state index in [-0.39, 0.29) is 38.4 Å². The van der Waals surface area contributed by atoms with Crippen LogP contribution in [0.25, 0.3) is 0 Å². The summed E-state index contributed by atoms with van der Waals surface area (Å²) in [5, 5.41) is 10.1. The molecule has 50 heavy (non-hydrogen) atoms. The van der Waals surface area contributed by atoms with E-state index >= 15 is 0 Å². The summed E-state index contributed by atoms with van der Waals surface area (Å²) in [5.74, 6) is -3.28. The number of benzene rings is 2. The van der Waals surface area contributed by atoms with E-state index in [9.17, 15) is 28.8 Å². The standard InChI is InChI=1S/C36H48N4O9S/c1-5-47-30(41)21-29(50)26(19-25-16-17-37-32(25)43)38-33(44)27(18-23-12-8-6-9-13-23)39-34(45)28(20-31(42)49-36(2,3)4)40-35(46)48-22-24-14-10-7-11-15-24/h6-15,25-29,50H,5,16-22H2,1-4H3,(H,37,43)(H,38,44)(H,39,45)(H,40,46)/t25-,26-,27-,28-,29-/m0/s1. The highest BCUT2D eigenvalue weighted by atomic mass is 32.1. The molecule has 3 rings (SSSR count). The third kappa shape index (κ3) is 14.1. The molecule has 0 radical (unpaired) electrons. The first-order valence-electron chi connectivity index (χ1n) is 16.7. The lowest BCUT2D eigenvalue weighted by Gasteiger charge is -2.29. The van der Waals surface area contributed by atoms with Gasteiger partial charge in [0.2, 0.25) is 17.7 Å². The first-order chi connectivity index (χ1) is 23.7. The van der Waals surface area contributed by atoms with Crippen molar-refractivity contribution in [3.05, 3.63) is 71.8 Å². The van der Waals surface area contributed by atoms with Crippen LogP contribution >= 0.6 is 12.6 Å². The molecule has 1 saturated heterocycles. The smallest absolute Gasteiger partial charge is 0.408 e. The molecule has 5 atom stereocenters. The molecule has 2 aromatic rings. The SMILES string of the molecule is CCOC(=O)C[C@H](S)[C@H](C[C@@H]1CCNC1=O)NC(=O)[C@H](Cc1ccccc1)NC(=O)[C@H](CC(=O)OC(C)(C)C)NC(=O)OCc1ccccc1. The lowest BCUT2D eigenvalue weighted by Crippen LogP contribution is -2.57. The second kappa shape index (κ2) is 19.6. The van der Waals surface area contributed by atoms with Crippen LogP contribution < -0.4 is 21.3 Å². The molecule has 4 N–H and O–H groups in total. The van der Waals surface area contributed by atoms with Gasteiger partial charge in [0.1, 0.15) is 24.3 Å². The van der Waals surface area contributed by atoms with Crippen molar-refractivity contribution in [1.29, 1.82) is 0 Å². The highest BCUT2D eigenvalue weighted by molar-refractivity contribution is 7.81. The second-order valence-corrected chi connectivity index (χ2v) is 13.7. The van der Waals surface area contributed by atoms with E-state index in [0.29, 0.717) is 24.1 Å². The molecule has 4 amide bonds. The van der Waals surface area contributed by atoms with Crippen LogP contribution in [0, 0.1) is 5.92 Å². The molecule has 272 valence electrons. The molecule has 0 unspecified atom stereocenters. The molecule has 0 bridgehead atoms.